The van der Waals surface area contributed by atoms with Gasteiger partial charge in [-0.15, -0.1) is 0 Å². The van der Waals surface area contributed by atoms with Gasteiger partial charge in [0.25, 0.3) is 11.8 Å². The summed E-state index contributed by atoms with van der Waals surface area (Å²) in [4.78, 5) is 24.8. The van der Waals surface area contributed by atoms with Crippen LogP contribution in [0.4, 0.5) is 5.69 Å². The average Bonchev–Trinajstić information content (AvgIpc) is 3.03. The van der Waals surface area contributed by atoms with Gasteiger partial charge in [-0.25, -0.2) is 0 Å². The van der Waals surface area contributed by atoms with Gasteiger partial charge < -0.3 is 15.2 Å². The highest BCUT2D eigenvalue weighted by Crippen LogP contribution is 2.25. The van der Waals surface area contributed by atoms with Crippen molar-refractivity contribution in [2.75, 3.05) is 12.4 Å². The van der Waals surface area contributed by atoms with E-state index in [0.717, 1.165) is 22.6 Å². The fourth-order valence-corrected chi connectivity index (χ4v) is 3.69. The van der Waals surface area contributed by atoms with E-state index in [1.54, 1.807) is 25.2 Å². The lowest BCUT2D eigenvalue weighted by atomic mass is 10.0. The molecule has 3 aromatic rings. The van der Waals surface area contributed by atoms with Gasteiger partial charge in [0.2, 0.25) is 0 Å². The Labute approximate surface area is 178 Å². The first kappa shape index (κ1) is 21.4. The molecular weight excluding hydrogens is 374 g/mol. The van der Waals surface area contributed by atoms with E-state index < -0.39 is 0 Å². The van der Waals surface area contributed by atoms with Gasteiger partial charge in [-0.05, 0) is 74.2 Å². The zero-order valence-corrected chi connectivity index (χ0v) is 18.5. The van der Waals surface area contributed by atoms with Crippen LogP contribution in [0.15, 0.2) is 48.5 Å². The number of hydrogen-bond acceptors (Lipinski definition) is 2. The Morgan fingerprint density at radius 1 is 0.933 bits per heavy atom. The number of carbonyl (C=O) groups excluding carboxylic acids is 2. The van der Waals surface area contributed by atoms with Gasteiger partial charge >= 0.3 is 0 Å². The van der Waals surface area contributed by atoms with Crippen LogP contribution in [0.25, 0.3) is 5.69 Å². The summed E-state index contributed by atoms with van der Waals surface area (Å²) >= 11 is 0. The largest absolute Gasteiger partial charge is 0.355 e. The molecule has 1 aromatic heterocycles. The Morgan fingerprint density at radius 2 is 1.67 bits per heavy atom. The first-order chi connectivity index (χ1) is 14.2. The summed E-state index contributed by atoms with van der Waals surface area (Å²) in [5.41, 5.74) is 6.95. The normalized spacial score (nSPS) is 10.9. The van der Waals surface area contributed by atoms with Gasteiger partial charge in [0, 0.05) is 35.4 Å². The van der Waals surface area contributed by atoms with Crippen LogP contribution < -0.4 is 10.6 Å². The number of anilines is 1. The van der Waals surface area contributed by atoms with E-state index >= 15 is 0 Å². The Hall–Kier alpha value is -3.34. The monoisotopic (exact) mass is 403 g/mol. The SMILES string of the molecule is CNC(=O)c1ccc(NC(=O)c2cc(C)n(-c3cccc(C(C)C)c3)c2C)c(C)c1. The van der Waals surface area contributed by atoms with Crippen molar-refractivity contribution >= 4 is 17.5 Å². The second-order valence-electron chi connectivity index (χ2n) is 7.93. The van der Waals surface area contributed by atoms with E-state index in [2.05, 4.69) is 53.3 Å². The number of hydrogen-bond donors (Lipinski definition) is 2. The lowest BCUT2D eigenvalue weighted by molar-refractivity contribution is 0.0962. The summed E-state index contributed by atoms with van der Waals surface area (Å²) in [5.74, 6) is 0.123. The van der Waals surface area contributed by atoms with Gasteiger partial charge in [-0.2, -0.15) is 0 Å². The number of nitrogens with zero attached hydrogens (tertiary/aromatic N) is 1. The maximum atomic E-state index is 13.0. The summed E-state index contributed by atoms with van der Waals surface area (Å²) in [6.45, 7) is 10.2. The fraction of sp³-hybridized carbons (Fsp3) is 0.280. The van der Waals surface area contributed by atoms with Crippen LogP contribution in [0.1, 0.15) is 63.0 Å². The number of aromatic nitrogens is 1. The summed E-state index contributed by atoms with van der Waals surface area (Å²) in [6.07, 6.45) is 0. The third kappa shape index (κ3) is 4.15. The molecule has 0 saturated carbocycles. The van der Waals surface area contributed by atoms with Crippen molar-refractivity contribution in [2.45, 2.75) is 40.5 Å². The van der Waals surface area contributed by atoms with E-state index in [0.29, 0.717) is 22.7 Å². The number of carbonyl (C=O) groups is 2. The lowest BCUT2D eigenvalue weighted by Gasteiger charge is -2.13. The minimum Gasteiger partial charge on any atom is -0.355 e. The molecule has 0 aliphatic carbocycles. The Morgan fingerprint density at radius 3 is 2.30 bits per heavy atom. The molecule has 5 nitrogen and oxygen atoms in total. The van der Waals surface area contributed by atoms with Crippen LogP contribution in [-0.4, -0.2) is 23.4 Å². The Balaban J connectivity index is 1.91. The molecule has 0 atom stereocenters. The van der Waals surface area contributed by atoms with Gasteiger partial charge in [-0.3, -0.25) is 9.59 Å². The number of benzene rings is 2. The van der Waals surface area contributed by atoms with Crippen molar-refractivity contribution < 1.29 is 9.59 Å². The van der Waals surface area contributed by atoms with Crippen LogP contribution in [0.3, 0.4) is 0 Å². The highest BCUT2D eigenvalue weighted by atomic mass is 16.2. The second-order valence-corrected chi connectivity index (χ2v) is 7.93. The van der Waals surface area contributed by atoms with E-state index in [4.69, 9.17) is 0 Å². The smallest absolute Gasteiger partial charge is 0.257 e. The van der Waals surface area contributed by atoms with Crippen LogP contribution in [0, 0.1) is 20.8 Å². The van der Waals surface area contributed by atoms with E-state index in [1.165, 1.54) is 5.56 Å². The first-order valence-corrected chi connectivity index (χ1v) is 10.2. The molecule has 1 heterocycles. The molecule has 0 aliphatic heterocycles. The fourth-order valence-electron chi connectivity index (χ4n) is 3.69. The molecule has 0 spiro atoms. The first-order valence-electron chi connectivity index (χ1n) is 10.2. The van der Waals surface area contributed by atoms with E-state index in [9.17, 15) is 9.59 Å². The van der Waals surface area contributed by atoms with Crippen LogP contribution in [0.2, 0.25) is 0 Å². The third-order valence-electron chi connectivity index (χ3n) is 5.43. The predicted octanol–water partition coefficient (Wildman–Crippen LogP) is 5.14. The highest BCUT2D eigenvalue weighted by molar-refractivity contribution is 6.06. The Bertz CT molecular complexity index is 1110. The molecule has 0 fully saturated rings. The summed E-state index contributed by atoms with van der Waals surface area (Å²) in [5, 5.41) is 5.60. The standard InChI is InChI=1S/C25H29N3O2/c1-15(2)19-8-7-9-21(14-19)28-17(4)13-22(18(28)5)25(30)27-23-11-10-20(12-16(23)3)24(29)26-6/h7-15H,1-6H3,(H,26,29)(H,27,30). The molecule has 0 radical (unpaired) electrons. The maximum absolute atomic E-state index is 13.0. The summed E-state index contributed by atoms with van der Waals surface area (Å²) in [6, 6.07) is 15.6. The molecule has 0 aliphatic rings. The van der Waals surface area contributed by atoms with Crippen LogP contribution >= 0.6 is 0 Å². The zero-order valence-electron chi connectivity index (χ0n) is 18.5. The molecule has 2 amide bonds. The molecule has 156 valence electrons. The maximum Gasteiger partial charge on any atom is 0.257 e. The second kappa shape index (κ2) is 8.57. The van der Waals surface area contributed by atoms with Gasteiger partial charge in [0.05, 0.1) is 5.56 Å². The molecule has 2 N–H and O–H groups in total. The summed E-state index contributed by atoms with van der Waals surface area (Å²) < 4.78 is 2.11. The van der Waals surface area contributed by atoms with Crippen LogP contribution in [0.5, 0.6) is 0 Å². The molecule has 5 heteroatoms. The molecule has 2 aromatic carbocycles. The van der Waals surface area contributed by atoms with Crippen molar-refractivity contribution in [3.05, 3.63) is 82.2 Å². The quantitative estimate of drug-likeness (QED) is 0.620. The third-order valence-corrected chi connectivity index (χ3v) is 5.43. The molecule has 0 unspecified atom stereocenters. The number of nitrogens with one attached hydrogen (secondary N) is 2. The predicted molar refractivity (Wildman–Crippen MR) is 122 cm³/mol. The molecule has 3 rings (SSSR count). The highest BCUT2D eigenvalue weighted by Gasteiger charge is 2.18. The molecule has 0 saturated heterocycles. The number of aryl methyl sites for hydroxylation is 2. The molecular formula is C25H29N3O2. The van der Waals surface area contributed by atoms with Gasteiger partial charge in [-0.1, -0.05) is 26.0 Å². The van der Waals surface area contributed by atoms with Crippen molar-refractivity contribution in [3.8, 4) is 5.69 Å². The minimum absolute atomic E-state index is 0.150. The lowest BCUT2D eigenvalue weighted by Crippen LogP contribution is -2.18. The minimum atomic E-state index is -0.162. The molecule has 0 bridgehead atoms. The zero-order chi connectivity index (χ0) is 22.0. The molecule has 30 heavy (non-hydrogen) atoms. The van der Waals surface area contributed by atoms with Crippen molar-refractivity contribution in [1.29, 1.82) is 0 Å². The van der Waals surface area contributed by atoms with Crippen molar-refractivity contribution in [1.82, 2.24) is 9.88 Å². The average molecular weight is 404 g/mol. The van der Waals surface area contributed by atoms with Crippen molar-refractivity contribution in [2.24, 2.45) is 0 Å². The number of rotatable bonds is 5. The number of amides is 2. The Kier molecular flexibility index (Phi) is 6.11. The topological polar surface area (TPSA) is 63.1 Å². The van der Waals surface area contributed by atoms with Gasteiger partial charge in [0.15, 0.2) is 0 Å². The van der Waals surface area contributed by atoms with E-state index in [1.807, 2.05) is 26.8 Å². The van der Waals surface area contributed by atoms with Crippen LogP contribution in [-0.2, 0) is 0 Å². The summed E-state index contributed by atoms with van der Waals surface area (Å²) in [7, 11) is 1.60. The van der Waals surface area contributed by atoms with Gasteiger partial charge in [0.1, 0.15) is 0 Å². The van der Waals surface area contributed by atoms with Crippen molar-refractivity contribution in [3.63, 3.8) is 0 Å². The van der Waals surface area contributed by atoms with E-state index in [-0.39, 0.29) is 11.8 Å².